The maximum absolute atomic E-state index is 12.2. The highest BCUT2D eigenvalue weighted by Crippen LogP contribution is 2.16. The smallest absolute Gasteiger partial charge is 0.410 e. The van der Waals surface area contributed by atoms with Crippen molar-refractivity contribution in [1.82, 2.24) is 4.90 Å². The number of hydrogen-bond donors (Lipinski definition) is 1. The molecule has 2 rings (SSSR count). The number of carbonyl (C=O) groups excluding carboxylic acids is 1. The van der Waals surface area contributed by atoms with Crippen LogP contribution in [0, 0.1) is 0 Å². The molecule has 2 aromatic rings. The molecule has 0 aromatic heterocycles. The number of halogens is 3. The molecule has 192 valence electrons. The quantitative estimate of drug-likeness (QED) is 0.287. The van der Waals surface area contributed by atoms with Gasteiger partial charge in [0.25, 0.3) is 0 Å². The van der Waals surface area contributed by atoms with Crippen molar-refractivity contribution >= 4 is 53.9 Å². The summed E-state index contributed by atoms with van der Waals surface area (Å²) in [7, 11) is 0. The molecule has 0 spiro atoms. The average Bonchev–Trinajstić information content (AvgIpc) is 2.78. The van der Waals surface area contributed by atoms with Crippen LogP contribution in [0.2, 0.25) is 0 Å². The Morgan fingerprint density at radius 3 is 1.71 bits per heavy atom. The highest BCUT2D eigenvalue weighted by atomic mass is 79.9. The molecule has 0 bridgehead atoms. The molecule has 7 heteroatoms. The van der Waals surface area contributed by atoms with E-state index in [1.165, 1.54) is 18.4 Å². The summed E-state index contributed by atoms with van der Waals surface area (Å²) in [5.74, 6) is 0. The van der Waals surface area contributed by atoms with Crippen LogP contribution < -0.4 is 5.73 Å². The van der Waals surface area contributed by atoms with Gasteiger partial charge >= 0.3 is 6.09 Å². The molecule has 0 unspecified atom stereocenters. The maximum atomic E-state index is 12.2. The summed E-state index contributed by atoms with van der Waals surface area (Å²) in [6.07, 6.45) is 4.18. The fourth-order valence-electron chi connectivity index (χ4n) is 2.50. The SMILES string of the molecule is BrCc1ccc(Br)cc1.CCCCN.CCCCN(Cc1ccc(Br)cc1)C(=O)OC(C)(C)C. The van der Waals surface area contributed by atoms with Crippen LogP contribution in [-0.4, -0.2) is 29.7 Å². The molecule has 2 aromatic carbocycles. The number of unbranched alkanes of at least 4 members (excludes halogenated alkanes) is 2. The number of ether oxygens (including phenoxy) is 1. The fourth-order valence-corrected chi connectivity index (χ4v) is 3.40. The molecule has 2 N–H and O–H groups in total. The number of nitrogens with two attached hydrogens (primary N) is 1. The summed E-state index contributed by atoms with van der Waals surface area (Å²) in [6.45, 7) is 12.1. The number of hydrogen-bond acceptors (Lipinski definition) is 3. The molecule has 1 amide bonds. The van der Waals surface area contributed by atoms with Gasteiger partial charge in [-0.3, -0.25) is 0 Å². The number of nitrogens with zero attached hydrogens (tertiary/aromatic N) is 1. The van der Waals surface area contributed by atoms with E-state index in [1.807, 2.05) is 57.2 Å². The first-order chi connectivity index (χ1) is 16.1. The van der Waals surface area contributed by atoms with Crippen molar-refractivity contribution in [3.8, 4) is 0 Å². The Morgan fingerprint density at radius 1 is 0.882 bits per heavy atom. The molecule has 0 aliphatic carbocycles. The number of amides is 1. The second kappa shape index (κ2) is 19.3. The Balaban J connectivity index is 0.000000636. The minimum atomic E-state index is -0.457. The van der Waals surface area contributed by atoms with Gasteiger partial charge in [0.15, 0.2) is 0 Å². The predicted molar refractivity (Wildman–Crippen MR) is 156 cm³/mol. The zero-order valence-electron chi connectivity index (χ0n) is 21.3. The van der Waals surface area contributed by atoms with Gasteiger partial charge < -0.3 is 15.4 Å². The van der Waals surface area contributed by atoms with Crippen LogP contribution in [0.5, 0.6) is 0 Å². The maximum Gasteiger partial charge on any atom is 0.410 e. The van der Waals surface area contributed by atoms with Crippen LogP contribution >= 0.6 is 47.8 Å². The van der Waals surface area contributed by atoms with Crippen LogP contribution in [0.25, 0.3) is 0 Å². The topological polar surface area (TPSA) is 55.6 Å². The molecule has 0 saturated carbocycles. The first-order valence-corrected chi connectivity index (χ1v) is 14.5. The van der Waals surface area contributed by atoms with Crippen molar-refractivity contribution in [1.29, 1.82) is 0 Å². The second-order valence-corrected chi connectivity index (χ2v) is 11.2. The van der Waals surface area contributed by atoms with Gasteiger partial charge in [0.05, 0.1) is 0 Å². The van der Waals surface area contributed by atoms with E-state index in [0.29, 0.717) is 6.54 Å². The Bertz CT molecular complexity index is 774. The van der Waals surface area contributed by atoms with Crippen molar-refractivity contribution in [2.75, 3.05) is 13.1 Å². The summed E-state index contributed by atoms with van der Waals surface area (Å²) in [6, 6.07) is 16.3. The minimum absolute atomic E-state index is 0.242. The van der Waals surface area contributed by atoms with Gasteiger partial charge in [0.2, 0.25) is 0 Å². The van der Waals surface area contributed by atoms with E-state index < -0.39 is 5.60 Å². The fraction of sp³-hybridized carbons (Fsp3) is 0.519. The highest BCUT2D eigenvalue weighted by molar-refractivity contribution is 9.10. The van der Waals surface area contributed by atoms with Gasteiger partial charge in [-0.2, -0.15) is 0 Å². The Kier molecular flexibility index (Phi) is 18.8. The Hall–Kier alpha value is -0.890. The van der Waals surface area contributed by atoms with Gasteiger partial charge in [-0.15, -0.1) is 0 Å². The second-order valence-electron chi connectivity index (χ2n) is 8.78. The monoisotopic (exact) mass is 662 g/mol. The lowest BCUT2D eigenvalue weighted by atomic mass is 10.2. The van der Waals surface area contributed by atoms with Gasteiger partial charge in [-0.25, -0.2) is 4.79 Å². The minimum Gasteiger partial charge on any atom is -0.444 e. The third-order valence-corrected chi connectivity index (χ3v) is 6.05. The Labute approximate surface area is 232 Å². The van der Waals surface area contributed by atoms with E-state index in [4.69, 9.17) is 10.5 Å². The van der Waals surface area contributed by atoms with Crippen LogP contribution in [0.1, 0.15) is 71.4 Å². The van der Waals surface area contributed by atoms with Crippen LogP contribution in [0.3, 0.4) is 0 Å². The molecule has 0 aliphatic heterocycles. The summed E-state index contributed by atoms with van der Waals surface area (Å²) < 4.78 is 7.64. The number of carbonyl (C=O) groups is 1. The van der Waals surface area contributed by atoms with Crippen LogP contribution in [0.4, 0.5) is 4.79 Å². The predicted octanol–water partition coefficient (Wildman–Crippen LogP) is 9.08. The zero-order valence-corrected chi connectivity index (χ0v) is 26.0. The summed E-state index contributed by atoms with van der Waals surface area (Å²) in [5.41, 5.74) is 7.09. The van der Waals surface area contributed by atoms with E-state index >= 15 is 0 Å². The highest BCUT2D eigenvalue weighted by Gasteiger charge is 2.21. The summed E-state index contributed by atoms with van der Waals surface area (Å²) in [5, 5.41) is 0.931. The van der Waals surface area contributed by atoms with Gasteiger partial charge in [0.1, 0.15) is 5.60 Å². The first-order valence-electron chi connectivity index (χ1n) is 11.8. The molecule has 0 radical (unpaired) electrons. The standard InChI is InChI=1S/C16H24BrNO2.C7H6Br2.C4H11N/c1-5-6-11-18(15(19)20-16(2,3)4)12-13-7-9-14(17)10-8-13;8-5-6-1-3-7(9)4-2-6;1-2-3-4-5/h7-10H,5-6,11-12H2,1-4H3;1-4H,5H2;2-5H2,1H3. The lowest BCUT2D eigenvalue weighted by molar-refractivity contribution is 0.0231. The van der Waals surface area contributed by atoms with E-state index in [2.05, 4.69) is 73.8 Å². The normalized spacial score (nSPS) is 10.4. The number of benzene rings is 2. The number of rotatable bonds is 8. The van der Waals surface area contributed by atoms with Gasteiger partial charge in [-0.1, -0.05) is 98.7 Å². The van der Waals surface area contributed by atoms with E-state index in [9.17, 15) is 4.79 Å². The average molecular weight is 665 g/mol. The zero-order chi connectivity index (χ0) is 26.0. The third-order valence-electron chi connectivity index (χ3n) is 4.35. The number of alkyl halides is 1. The molecule has 0 saturated heterocycles. The van der Waals surface area contributed by atoms with Gasteiger partial charge in [-0.05, 0) is 75.5 Å². The molecular weight excluding hydrogens is 624 g/mol. The van der Waals surface area contributed by atoms with Crippen LogP contribution in [-0.2, 0) is 16.6 Å². The Morgan fingerprint density at radius 2 is 1.35 bits per heavy atom. The van der Waals surface area contributed by atoms with E-state index in [1.54, 1.807) is 4.90 Å². The van der Waals surface area contributed by atoms with Crippen molar-refractivity contribution in [3.63, 3.8) is 0 Å². The third kappa shape index (κ3) is 17.5. The molecule has 0 fully saturated rings. The van der Waals surface area contributed by atoms with Crippen molar-refractivity contribution in [2.24, 2.45) is 5.73 Å². The lowest BCUT2D eigenvalue weighted by Gasteiger charge is -2.27. The molecule has 4 nitrogen and oxygen atoms in total. The summed E-state index contributed by atoms with van der Waals surface area (Å²) in [4.78, 5) is 14.0. The largest absolute Gasteiger partial charge is 0.444 e. The molecule has 34 heavy (non-hydrogen) atoms. The van der Waals surface area contributed by atoms with Crippen LogP contribution in [0.15, 0.2) is 57.5 Å². The van der Waals surface area contributed by atoms with Gasteiger partial charge in [0, 0.05) is 27.4 Å². The molecular formula is C27H41Br3N2O2. The van der Waals surface area contributed by atoms with E-state index in [0.717, 1.165) is 45.8 Å². The van der Waals surface area contributed by atoms with Crippen molar-refractivity contribution < 1.29 is 9.53 Å². The first kappa shape index (κ1) is 33.1. The molecule has 0 heterocycles. The molecule has 0 aliphatic rings. The lowest BCUT2D eigenvalue weighted by Crippen LogP contribution is -2.37. The van der Waals surface area contributed by atoms with Crippen molar-refractivity contribution in [3.05, 3.63) is 68.6 Å². The van der Waals surface area contributed by atoms with E-state index in [-0.39, 0.29) is 6.09 Å². The summed E-state index contributed by atoms with van der Waals surface area (Å²) >= 11 is 10.1. The van der Waals surface area contributed by atoms with Crippen molar-refractivity contribution in [2.45, 2.75) is 77.8 Å². The molecule has 0 atom stereocenters.